The van der Waals surface area contributed by atoms with Gasteiger partial charge in [-0.1, -0.05) is 36.8 Å². The summed E-state index contributed by atoms with van der Waals surface area (Å²) in [5, 5.41) is 4.92. The minimum Gasteiger partial charge on any atom is -0.490 e. The lowest BCUT2D eigenvalue weighted by molar-refractivity contribution is 0.0957. The van der Waals surface area contributed by atoms with E-state index < -0.39 is 0 Å². The van der Waals surface area contributed by atoms with Crippen molar-refractivity contribution in [3.63, 3.8) is 0 Å². The van der Waals surface area contributed by atoms with Crippen molar-refractivity contribution in [2.24, 2.45) is 0 Å². The Hall–Kier alpha value is -3.32. The fourth-order valence-corrected chi connectivity index (χ4v) is 4.58. The van der Waals surface area contributed by atoms with Gasteiger partial charge in [0.2, 0.25) is 0 Å². The number of carbonyl (C=O) groups excluding carboxylic acids is 1. The Morgan fingerprint density at radius 3 is 2.56 bits per heavy atom. The third kappa shape index (κ3) is 6.17. The van der Waals surface area contributed by atoms with E-state index in [1.165, 1.54) is 11.3 Å². The Labute approximate surface area is 204 Å². The number of unbranched alkanes of at least 4 members (excludes halogenated alkanes) is 2. The molecule has 2 aromatic heterocycles. The van der Waals surface area contributed by atoms with E-state index in [9.17, 15) is 4.79 Å². The van der Waals surface area contributed by atoms with Gasteiger partial charge in [-0.05, 0) is 55.5 Å². The number of hydrogen-bond donors (Lipinski definition) is 1. The minimum absolute atomic E-state index is 0.0164. The molecular weight excluding hydrogens is 446 g/mol. The summed E-state index contributed by atoms with van der Waals surface area (Å²) in [4.78, 5) is 17.7. The van der Waals surface area contributed by atoms with Crippen molar-refractivity contribution < 1.29 is 14.3 Å². The lowest BCUT2D eigenvalue weighted by Gasteiger charge is -2.13. The smallest absolute Gasteiger partial charge is 0.261 e. The van der Waals surface area contributed by atoms with Gasteiger partial charge in [-0.15, -0.1) is 11.3 Å². The van der Waals surface area contributed by atoms with Gasteiger partial charge in [0.25, 0.3) is 5.91 Å². The van der Waals surface area contributed by atoms with Crippen molar-refractivity contribution in [3.05, 3.63) is 76.7 Å². The lowest BCUT2D eigenvalue weighted by atomic mass is 10.2. The molecule has 0 unspecified atom stereocenters. The number of imidazole rings is 1. The quantitative estimate of drug-likeness (QED) is 0.250. The Kier molecular flexibility index (Phi) is 8.57. The average molecular weight is 478 g/mol. The molecule has 4 rings (SSSR count). The predicted molar refractivity (Wildman–Crippen MR) is 137 cm³/mol. The van der Waals surface area contributed by atoms with E-state index in [0.29, 0.717) is 26.3 Å². The second-order valence-electron chi connectivity index (χ2n) is 7.94. The van der Waals surface area contributed by atoms with E-state index in [-0.39, 0.29) is 5.91 Å². The van der Waals surface area contributed by atoms with Crippen LogP contribution in [0.3, 0.4) is 0 Å². The fraction of sp³-hybridized carbons (Fsp3) is 0.333. The molecule has 0 saturated heterocycles. The molecule has 1 N–H and O–H groups in total. The summed E-state index contributed by atoms with van der Waals surface area (Å²) in [7, 11) is 0. The first-order valence-electron chi connectivity index (χ1n) is 11.9. The highest BCUT2D eigenvalue weighted by Crippen LogP contribution is 2.26. The number of benzene rings is 2. The molecule has 34 heavy (non-hydrogen) atoms. The minimum atomic E-state index is 0.0164. The zero-order chi connectivity index (χ0) is 23.6. The topological polar surface area (TPSA) is 65.4 Å². The summed E-state index contributed by atoms with van der Waals surface area (Å²) in [5.74, 6) is 2.63. The maximum Gasteiger partial charge on any atom is 0.261 e. The largest absolute Gasteiger partial charge is 0.490 e. The van der Waals surface area contributed by atoms with Crippen LogP contribution in [0.4, 0.5) is 0 Å². The molecule has 4 aromatic rings. The number of thiophene rings is 1. The van der Waals surface area contributed by atoms with E-state index in [0.717, 1.165) is 58.9 Å². The zero-order valence-electron chi connectivity index (χ0n) is 19.5. The third-order valence-electron chi connectivity index (χ3n) is 5.56. The number of aromatic nitrogens is 2. The Bertz CT molecular complexity index is 1190. The summed E-state index contributed by atoms with van der Waals surface area (Å²) in [6, 6.07) is 19.8. The molecule has 6 nitrogen and oxygen atoms in total. The van der Waals surface area contributed by atoms with Crippen LogP contribution in [0.1, 0.15) is 41.7 Å². The normalized spacial score (nSPS) is 11.0. The molecule has 2 aromatic carbocycles. The molecule has 0 spiro atoms. The first-order valence-corrected chi connectivity index (χ1v) is 12.7. The van der Waals surface area contributed by atoms with Crippen LogP contribution in [0, 0.1) is 0 Å². The molecular formula is C27H31N3O3S. The first kappa shape index (κ1) is 23.8. The van der Waals surface area contributed by atoms with Gasteiger partial charge in [0, 0.05) is 13.0 Å². The van der Waals surface area contributed by atoms with Gasteiger partial charge < -0.3 is 19.4 Å². The third-order valence-corrected chi connectivity index (χ3v) is 6.43. The fourth-order valence-electron chi connectivity index (χ4n) is 3.94. The highest BCUT2D eigenvalue weighted by atomic mass is 32.1. The molecule has 0 aliphatic rings. The predicted octanol–water partition coefficient (Wildman–Crippen LogP) is 5.72. The number of nitrogens with zero attached hydrogens (tertiary/aromatic N) is 2. The van der Waals surface area contributed by atoms with E-state index in [1.54, 1.807) is 0 Å². The molecule has 178 valence electrons. The molecule has 7 heteroatoms. The van der Waals surface area contributed by atoms with Gasteiger partial charge in [-0.25, -0.2) is 4.98 Å². The average Bonchev–Trinajstić information content (AvgIpc) is 3.51. The van der Waals surface area contributed by atoms with Crippen molar-refractivity contribution in [1.29, 1.82) is 0 Å². The number of fused-ring (bicyclic) bond motifs is 1. The van der Waals surface area contributed by atoms with Crippen LogP contribution in [0.25, 0.3) is 11.0 Å². The van der Waals surface area contributed by atoms with Crippen LogP contribution in [-0.2, 0) is 13.0 Å². The van der Waals surface area contributed by atoms with Gasteiger partial charge in [-0.3, -0.25) is 4.79 Å². The van der Waals surface area contributed by atoms with Gasteiger partial charge in [0.1, 0.15) is 12.4 Å². The van der Waals surface area contributed by atoms with Crippen molar-refractivity contribution in [3.8, 4) is 11.5 Å². The monoisotopic (exact) mass is 477 g/mol. The number of carbonyl (C=O) groups is 1. The molecule has 0 bridgehead atoms. The van der Waals surface area contributed by atoms with Crippen LogP contribution >= 0.6 is 11.3 Å². The molecule has 0 aliphatic heterocycles. The molecule has 0 radical (unpaired) electrons. The number of ether oxygens (including phenoxy) is 2. The number of amides is 1. The van der Waals surface area contributed by atoms with E-state index in [4.69, 9.17) is 14.5 Å². The highest BCUT2D eigenvalue weighted by Gasteiger charge is 2.11. The molecule has 1 amide bonds. The van der Waals surface area contributed by atoms with Gasteiger partial charge in [0.05, 0.1) is 29.1 Å². The van der Waals surface area contributed by atoms with Crippen LogP contribution in [-0.4, -0.2) is 35.2 Å². The van der Waals surface area contributed by atoms with Crippen molar-refractivity contribution >= 4 is 28.3 Å². The maximum atomic E-state index is 12.0. The zero-order valence-corrected chi connectivity index (χ0v) is 20.4. The summed E-state index contributed by atoms with van der Waals surface area (Å²) in [5.41, 5.74) is 2.14. The molecule has 0 atom stereocenters. The first-order chi connectivity index (χ1) is 16.8. The summed E-state index contributed by atoms with van der Waals surface area (Å²) >= 11 is 1.47. The number of rotatable bonds is 13. The van der Waals surface area contributed by atoms with Crippen molar-refractivity contribution in [2.75, 3.05) is 19.8 Å². The summed E-state index contributed by atoms with van der Waals surface area (Å²) in [6.45, 7) is 4.52. The number of nitrogens with one attached hydrogen (secondary N) is 1. The molecule has 0 saturated carbocycles. The Balaban J connectivity index is 1.30. The molecule has 2 heterocycles. The van der Waals surface area contributed by atoms with E-state index in [2.05, 4.69) is 22.0 Å². The van der Waals surface area contributed by atoms with Gasteiger partial charge in [-0.2, -0.15) is 0 Å². The Morgan fingerprint density at radius 1 is 0.971 bits per heavy atom. The maximum absolute atomic E-state index is 12.0. The van der Waals surface area contributed by atoms with Gasteiger partial charge >= 0.3 is 0 Å². The standard InChI is InChI=1S/C27H31N3O3S/c1-2-32-23-13-7-8-14-24(23)33-19-18-30-22-12-6-5-11-21(22)29-26(30)16-4-3-9-17-28-27(31)25-15-10-20-34-25/h5-8,10-15,20H,2-4,9,16-19H2,1H3,(H,28,31). The molecule has 0 fully saturated rings. The van der Waals surface area contributed by atoms with Crippen LogP contribution in [0.15, 0.2) is 66.0 Å². The van der Waals surface area contributed by atoms with Crippen molar-refractivity contribution in [1.82, 2.24) is 14.9 Å². The van der Waals surface area contributed by atoms with E-state index in [1.807, 2.05) is 60.8 Å². The number of hydrogen-bond acceptors (Lipinski definition) is 5. The van der Waals surface area contributed by atoms with Gasteiger partial charge in [0.15, 0.2) is 11.5 Å². The van der Waals surface area contributed by atoms with Crippen molar-refractivity contribution in [2.45, 2.75) is 39.2 Å². The lowest BCUT2D eigenvalue weighted by Crippen LogP contribution is -2.23. The van der Waals surface area contributed by atoms with Crippen LogP contribution in [0.2, 0.25) is 0 Å². The van der Waals surface area contributed by atoms with Crippen LogP contribution < -0.4 is 14.8 Å². The van der Waals surface area contributed by atoms with Crippen LogP contribution in [0.5, 0.6) is 11.5 Å². The summed E-state index contributed by atoms with van der Waals surface area (Å²) in [6.07, 6.45) is 3.90. The summed E-state index contributed by atoms with van der Waals surface area (Å²) < 4.78 is 14.0. The second-order valence-corrected chi connectivity index (χ2v) is 8.89. The molecule has 0 aliphatic carbocycles. The highest BCUT2D eigenvalue weighted by molar-refractivity contribution is 7.12. The number of aryl methyl sites for hydroxylation is 1. The second kappa shape index (κ2) is 12.2. The van der Waals surface area contributed by atoms with E-state index >= 15 is 0 Å². The SMILES string of the molecule is CCOc1ccccc1OCCn1c(CCCCCNC(=O)c2cccs2)nc2ccccc21. The number of para-hydroxylation sites is 4. The Morgan fingerprint density at radius 2 is 1.76 bits per heavy atom.